The summed E-state index contributed by atoms with van der Waals surface area (Å²) in [6, 6.07) is 13.4. The predicted molar refractivity (Wildman–Crippen MR) is 95.7 cm³/mol. The quantitative estimate of drug-likeness (QED) is 0.890. The van der Waals surface area contributed by atoms with Gasteiger partial charge in [-0.3, -0.25) is 14.6 Å². The molecule has 0 saturated carbocycles. The molecule has 26 heavy (non-hydrogen) atoms. The van der Waals surface area contributed by atoms with Gasteiger partial charge in [0.05, 0.1) is 17.7 Å². The molecule has 0 radical (unpaired) electrons. The molecule has 1 aromatic heterocycles. The Labute approximate surface area is 152 Å². The van der Waals surface area contributed by atoms with Gasteiger partial charge in [0.2, 0.25) is 5.91 Å². The van der Waals surface area contributed by atoms with Crippen LogP contribution in [-0.4, -0.2) is 53.5 Å². The van der Waals surface area contributed by atoms with E-state index in [1.165, 1.54) is 0 Å². The maximum absolute atomic E-state index is 13.2. The van der Waals surface area contributed by atoms with Crippen molar-refractivity contribution in [3.8, 4) is 0 Å². The first-order valence-corrected chi connectivity index (χ1v) is 8.81. The van der Waals surface area contributed by atoms with Crippen molar-refractivity contribution in [1.82, 2.24) is 15.2 Å². The molecule has 1 N–H and O–H groups in total. The molecule has 2 aromatic rings. The van der Waals surface area contributed by atoms with Crippen LogP contribution in [-0.2, 0) is 9.53 Å². The zero-order valence-corrected chi connectivity index (χ0v) is 14.6. The van der Waals surface area contributed by atoms with Crippen molar-refractivity contribution in [1.29, 1.82) is 0 Å². The summed E-state index contributed by atoms with van der Waals surface area (Å²) in [6.45, 7) is 2.82. The Morgan fingerprint density at radius 3 is 2.81 bits per heavy atom. The van der Waals surface area contributed by atoms with Crippen LogP contribution in [0, 0.1) is 6.92 Å². The Hall–Kier alpha value is -2.73. The van der Waals surface area contributed by atoms with Gasteiger partial charge in [-0.25, -0.2) is 0 Å². The third-order valence-corrected chi connectivity index (χ3v) is 5.21. The highest BCUT2D eigenvalue weighted by Gasteiger charge is 2.47. The molecule has 2 fully saturated rings. The molecule has 6 nitrogen and oxygen atoms in total. The average Bonchev–Trinajstić information content (AvgIpc) is 2.93. The fraction of sp³-hybridized carbons (Fsp3) is 0.350. The summed E-state index contributed by atoms with van der Waals surface area (Å²) in [6.07, 6.45) is 1.47. The van der Waals surface area contributed by atoms with E-state index in [2.05, 4.69) is 22.4 Å². The Morgan fingerprint density at radius 1 is 1.23 bits per heavy atom. The smallest absolute Gasteiger partial charge is 0.256 e. The Kier molecular flexibility index (Phi) is 4.42. The van der Waals surface area contributed by atoms with Crippen molar-refractivity contribution in [3.05, 3.63) is 65.5 Å². The number of hydrogen-bond donors (Lipinski definition) is 1. The number of ether oxygens (including phenoxy) is 1. The minimum atomic E-state index is -0.211. The second kappa shape index (κ2) is 6.88. The molecule has 2 amide bonds. The molecule has 2 aliphatic rings. The number of fused-ring (bicyclic) bond motifs is 1. The van der Waals surface area contributed by atoms with Crippen LogP contribution in [0.2, 0.25) is 0 Å². The molecule has 6 heteroatoms. The van der Waals surface area contributed by atoms with E-state index in [9.17, 15) is 9.59 Å². The number of nitrogens with zero attached hydrogens (tertiary/aromatic N) is 2. The van der Waals surface area contributed by atoms with Gasteiger partial charge in [-0.05, 0) is 24.6 Å². The second-order valence-electron chi connectivity index (χ2n) is 6.76. The number of aromatic nitrogens is 1. The largest absolute Gasteiger partial charge is 0.365 e. The van der Waals surface area contributed by atoms with Crippen molar-refractivity contribution in [2.45, 2.75) is 25.0 Å². The molecule has 0 bridgehead atoms. The minimum Gasteiger partial charge on any atom is -0.365 e. The van der Waals surface area contributed by atoms with Crippen LogP contribution in [0.15, 0.2) is 48.7 Å². The first-order chi connectivity index (χ1) is 12.6. The first kappa shape index (κ1) is 16.7. The van der Waals surface area contributed by atoms with Crippen LogP contribution in [0.1, 0.15) is 27.5 Å². The van der Waals surface area contributed by atoms with Gasteiger partial charge in [-0.1, -0.05) is 30.3 Å². The standard InChI is InChI=1S/C20H21N3O3/c1-13-15(8-5-9-21-13)20(25)23-11-16(14-6-3-2-4-7-14)19-17(23)10-22-18(24)12-26-19/h2-9,16-17,19H,10-12H2,1H3,(H,22,24)/t16-,17-,19-/m1/s1. The van der Waals surface area contributed by atoms with Crippen molar-refractivity contribution in [2.24, 2.45) is 0 Å². The molecule has 3 heterocycles. The third kappa shape index (κ3) is 2.97. The summed E-state index contributed by atoms with van der Waals surface area (Å²) < 4.78 is 5.93. The van der Waals surface area contributed by atoms with Crippen LogP contribution in [0.25, 0.3) is 0 Å². The zero-order valence-electron chi connectivity index (χ0n) is 14.6. The van der Waals surface area contributed by atoms with Crippen LogP contribution >= 0.6 is 0 Å². The Bertz CT molecular complexity index is 824. The van der Waals surface area contributed by atoms with Crippen molar-refractivity contribution < 1.29 is 14.3 Å². The van der Waals surface area contributed by atoms with E-state index in [0.717, 1.165) is 5.56 Å². The maximum atomic E-state index is 13.2. The van der Waals surface area contributed by atoms with Crippen molar-refractivity contribution >= 4 is 11.8 Å². The number of rotatable bonds is 2. The number of likely N-dealkylation sites (tertiary alicyclic amines) is 1. The summed E-state index contributed by atoms with van der Waals surface area (Å²) in [7, 11) is 0. The monoisotopic (exact) mass is 351 g/mol. The molecule has 0 aliphatic carbocycles. The highest BCUT2D eigenvalue weighted by Crippen LogP contribution is 2.36. The number of amides is 2. The fourth-order valence-corrected chi connectivity index (χ4v) is 3.89. The van der Waals surface area contributed by atoms with E-state index in [0.29, 0.717) is 24.3 Å². The summed E-state index contributed by atoms with van der Waals surface area (Å²) >= 11 is 0. The number of carbonyl (C=O) groups is 2. The summed E-state index contributed by atoms with van der Waals surface area (Å²) in [5, 5.41) is 2.87. The first-order valence-electron chi connectivity index (χ1n) is 8.81. The fourth-order valence-electron chi connectivity index (χ4n) is 3.89. The molecular weight excluding hydrogens is 330 g/mol. The lowest BCUT2D eigenvalue weighted by Gasteiger charge is -2.26. The Balaban J connectivity index is 1.69. The van der Waals surface area contributed by atoms with Gasteiger partial charge in [0.1, 0.15) is 6.61 Å². The lowest BCUT2D eigenvalue weighted by molar-refractivity contribution is -0.125. The van der Waals surface area contributed by atoms with Gasteiger partial charge in [-0.15, -0.1) is 0 Å². The van der Waals surface area contributed by atoms with Crippen LogP contribution in [0.5, 0.6) is 0 Å². The van der Waals surface area contributed by atoms with Gasteiger partial charge in [-0.2, -0.15) is 0 Å². The highest BCUT2D eigenvalue weighted by molar-refractivity contribution is 5.95. The number of benzene rings is 1. The van der Waals surface area contributed by atoms with Gasteiger partial charge in [0.15, 0.2) is 0 Å². The summed E-state index contributed by atoms with van der Waals surface area (Å²) in [5.74, 6) is -0.172. The number of hydrogen-bond acceptors (Lipinski definition) is 4. The van der Waals surface area contributed by atoms with Crippen LogP contribution in [0.4, 0.5) is 0 Å². The van der Waals surface area contributed by atoms with E-state index in [1.54, 1.807) is 18.3 Å². The number of aryl methyl sites for hydroxylation is 1. The molecule has 134 valence electrons. The topological polar surface area (TPSA) is 71.5 Å². The minimum absolute atomic E-state index is 0.0262. The zero-order chi connectivity index (χ0) is 18.1. The average molecular weight is 351 g/mol. The van der Waals surface area contributed by atoms with E-state index < -0.39 is 0 Å². The third-order valence-electron chi connectivity index (χ3n) is 5.21. The van der Waals surface area contributed by atoms with Gasteiger partial charge in [0, 0.05) is 30.9 Å². The number of carbonyl (C=O) groups excluding carboxylic acids is 2. The van der Waals surface area contributed by atoms with Gasteiger partial charge in [0.25, 0.3) is 5.91 Å². The summed E-state index contributed by atoms with van der Waals surface area (Å²) in [5.41, 5.74) is 2.42. The highest BCUT2D eigenvalue weighted by atomic mass is 16.5. The van der Waals surface area contributed by atoms with E-state index >= 15 is 0 Å². The van der Waals surface area contributed by atoms with Crippen molar-refractivity contribution in [3.63, 3.8) is 0 Å². The van der Waals surface area contributed by atoms with E-state index in [1.807, 2.05) is 30.0 Å². The molecule has 2 aliphatic heterocycles. The van der Waals surface area contributed by atoms with E-state index in [4.69, 9.17) is 4.74 Å². The lowest BCUT2D eigenvalue weighted by Crippen LogP contribution is -2.45. The van der Waals surface area contributed by atoms with Crippen LogP contribution in [0.3, 0.4) is 0 Å². The molecule has 2 saturated heterocycles. The molecule has 1 aromatic carbocycles. The normalized spacial score (nSPS) is 25.3. The molecule has 3 atom stereocenters. The maximum Gasteiger partial charge on any atom is 0.256 e. The summed E-state index contributed by atoms with van der Waals surface area (Å²) in [4.78, 5) is 31.1. The SMILES string of the molecule is Cc1ncccc1C(=O)N1C[C@H](c2ccccc2)[C@H]2OCC(=O)NC[C@H]21. The molecule has 4 rings (SSSR count). The molecular formula is C20H21N3O3. The van der Waals surface area contributed by atoms with Crippen molar-refractivity contribution in [2.75, 3.05) is 19.7 Å². The Morgan fingerprint density at radius 2 is 2.04 bits per heavy atom. The van der Waals surface area contributed by atoms with Gasteiger partial charge >= 0.3 is 0 Å². The molecule has 0 spiro atoms. The lowest BCUT2D eigenvalue weighted by atomic mass is 9.93. The number of nitrogens with one attached hydrogen (secondary N) is 1. The number of pyridine rings is 1. The predicted octanol–water partition coefficient (Wildman–Crippen LogP) is 1.51. The van der Waals surface area contributed by atoms with Crippen LogP contribution < -0.4 is 5.32 Å². The second-order valence-corrected chi connectivity index (χ2v) is 6.76. The van der Waals surface area contributed by atoms with Gasteiger partial charge < -0.3 is 15.0 Å². The van der Waals surface area contributed by atoms with E-state index in [-0.39, 0.29) is 36.5 Å². The molecule has 0 unspecified atom stereocenters.